The van der Waals surface area contributed by atoms with Gasteiger partial charge in [-0.3, -0.25) is 0 Å². The molecule has 1 aliphatic carbocycles. The van der Waals surface area contributed by atoms with E-state index in [1.807, 2.05) is 12.1 Å². The summed E-state index contributed by atoms with van der Waals surface area (Å²) in [5.74, 6) is 2.30. The number of nitrogens with zero attached hydrogens (tertiary/aromatic N) is 1. The van der Waals surface area contributed by atoms with Crippen LogP contribution in [0.1, 0.15) is 17.9 Å². The largest absolute Gasteiger partial charge is 0.460 e. The Morgan fingerprint density at radius 3 is 2.04 bits per heavy atom. The standard InChI is InChI=1S/C52H35NO2/c1-2-10-34(11-3-1)35-20-26-40(27-21-35)53(42-13-8-12-38(33-42)44-16-9-17-46-45-14-4-6-18-48(45)55-52(44)46)41-28-22-36(23-29-41)37-24-30-43-39(32-37)25-31-50-51(43)47-15-5-7-19-49(47)54-50/h1-13,15-33,45H,14H2. The van der Waals surface area contributed by atoms with Crippen LogP contribution in [0.25, 0.3) is 66.1 Å². The lowest BCUT2D eigenvalue weighted by Gasteiger charge is -2.26. The number of furan rings is 1. The third-order valence-electron chi connectivity index (χ3n) is 11.2. The molecule has 1 atom stereocenters. The van der Waals surface area contributed by atoms with E-state index in [0.29, 0.717) is 0 Å². The van der Waals surface area contributed by atoms with Gasteiger partial charge in [-0.1, -0.05) is 133 Å². The highest BCUT2D eigenvalue weighted by Gasteiger charge is 2.32. The van der Waals surface area contributed by atoms with Gasteiger partial charge in [0.15, 0.2) is 0 Å². The van der Waals surface area contributed by atoms with Crippen LogP contribution < -0.4 is 9.64 Å². The van der Waals surface area contributed by atoms with E-state index in [1.54, 1.807) is 0 Å². The van der Waals surface area contributed by atoms with Gasteiger partial charge in [0.2, 0.25) is 0 Å². The van der Waals surface area contributed by atoms with Crippen LogP contribution >= 0.6 is 0 Å². The lowest BCUT2D eigenvalue weighted by Crippen LogP contribution is -2.10. The van der Waals surface area contributed by atoms with Crippen molar-refractivity contribution in [3.8, 4) is 39.1 Å². The zero-order valence-corrected chi connectivity index (χ0v) is 30.0. The van der Waals surface area contributed by atoms with Crippen LogP contribution in [0.15, 0.2) is 204 Å². The predicted molar refractivity (Wildman–Crippen MR) is 227 cm³/mol. The van der Waals surface area contributed by atoms with E-state index in [9.17, 15) is 0 Å². The monoisotopic (exact) mass is 705 g/mol. The molecule has 1 aliphatic heterocycles. The van der Waals surface area contributed by atoms with Crippen LogP contribution in [-0.4, -0.2) is 0 Å². The van der Waals surface area contributed by atoms with Crippen molar-refractivity contribution in [2.24, 2.45) is 0 Å². The third kappa shape index (κ3) is 5.35. The normalized spacial score (nSPS) is 14.5. The van der Waals surface area contributed by atoms with Crippen LogP contribution in [0.2, 0.25) is 0 Å². The van der Waals surface area contributed by atoms with Gasteiger partial charge in [0.05, 0.1) is 0 Å². The zero-order chi connectivity index (χ0) is 36.3. The quantitative estimate of drug-likeness (QED) is 0.172. The van der Waals surface area contributed by atoms with Crippen molar-refractivity contribution in [1.29, 1.82) is 0 Å². The minimum Gasteiger partial charge on any atom is -0.460 e. The second-order valence-electron chi connectivity index (χ2n) is 14.4. The van der Waals surface area contributed by atoms with Gasteiger partial charge >= 0.3 is 0 Å². The number of hydrogen-bond acceptors (Lipinski definition) is 3. The fraction of sp³-hybridized carbons (Fsp3) is 0.0385. The molecule has 0 bridgehead atoms. The maximum absolute atomic E-state index is 6.53. The fourth-order valence-corrected chi connectivity index (χ4v) is 8.51. The van der Waals surface area contributed by atoms with E-state index in [1.165, 1.54) is 38.4 Å². The molecule has 55 heavy (non-hydrogen) atoms. The molecule has 0 saturated heterocycles. The Labute approximate surface area is 319 Å². The van der Waals surface area contributed by atoms with Crippen molar-refractivity contribution < 1.29 is 9.15 Å². The van der Waals surface area contributed by atoms with E-state index < -0.39 is 0 Å². The average Bonchev–Trinajstić information content (AvgIpc) is 3.84. The minimum absolute atomic E-state index is 0.287. The lowest BCUT2D eigenvalue weighted by molar-refractivity contribution is 0.426. The molecule has 1 unspecified atom stereocenters. The number of anilines is 3. The second kappa shape index (κ2) is 12.8. The smallest absolute Gasteiger partial charge is 0.138 e. The first-order chi connectivity index (χ1) is 27.2. The number of para-hydroxylation sites is 2. The molecule has 3 heteroatoms. The van der Waals surface area contributed by atoms with Gasteiger partial charge < -0.3 is 14.1 Å². The highest BCUT2D eigenvalue weighted by Crippen LogP contribution is 2.49. The molecule has 8 aromatic carbocycles. The van der Waals surface area contributed by atoms with Crippen LogP contribution in [-0.2, 0) is 0 Å². The van der Waals surface area contributed by atoms with E-state index in [2.05, 4.69) is 187 Å². The topological polar surface area (TPSA) is 25.6 Å². The molecule has 0 amide bonds. The molecule has 1 aromatic heterocycles. The van der Waals surface area contributed by atoms with Crippen molar-refractivity contribution in [3.05, 3.63) is 205 Å². The highest BCUT2D eigenvalue weighted by atomic mass is 16.5. The lowest BCUT2D eigenvalue weighted by atomic mass is 9.90. The first kappa shape index (κ1) is 31.4. The van der Waals surface area contributed by atoms with Gasteiger partial charge in [-0.25, -0.2) is 0 Å². The molecule has 0 radical (unpaired) electrons. The molecular weight excluding hydrogens is 671 g/mol. The summed E-state index contributed by atoms with van der Waals surface area (Å²) in [7, 11) is 0. The summed E-state index contributed by atoms with van der Waals surface area (Å²) in [5, 5.41) is 4.72. The number of allylic oxidation sites excluding steroid dienone is 4. The molecule has 11 rings (SSSR count). The van der Waals surface area contributed by atoms with Crippen molar-refractivity contribution in [3.63, 3.8) is 0 Å². The molecule has 0 saturated carbocycles. The second-order valence-corrected chi connectivity index (χ2v) is 14.4. The molecule has 2 heterocycles. The predicted octanol–water partition coefficient (Wildman–Crippen LogP) is 14.5. The number of fused-ring (bicyclic) bond motifs is 8. The highest BCUT2D eigenvalue weighted by molar-refractivity contribution is 6.19. The van der Waals surface area contributed by atoms with E-state index in [4.69, 9.17) is 9.15 Å². The Bertz CT molecular complexity index is 2970. The number of hydrogen-bond donors (Lipinski definition) is 0. The van der Waals surface area contributed by atoms with Crippen LogP contribution in [0.4, 0.5) is 17.1 Å². The van der Waals surface area contributed by atoms with Crippen molar-refractivity contribution in [1.82, 2.24) is 0 Å². The SMILES string of the molecule is C1=CCC2C(=C1)Oc1c(-c3cccc(N(c4ccc(-c5ccccc5)cc4)c4ccc(-c5ccc6c(ccc7oc8ccccc8c76)c5)cc4)c3)cccc12. The van der Waals surface area contributed by atoms with Gasteiger partial charge in [-0.15, -0.1) is 0 Å². The Morgan fingerprint density at radius 1 is 0.491 bits per heavy atom. The Hall–Kier alpha value is -7.10. The molecule has 2 aliphatic rings. The summed E-state index contributed by atoms with van der Waals surface area (Å²) in [4.78, 5) is 2.35. The van der Waals surface area contributed by atoms with Gasteiger partial charge in [-0.05, 0) is 106 Å². The van der Waals surface area contributed by atoms with Crippen LogP contribution in [0.3, 0.4) is 0 Å². The van der Waals surface area contributed by atoms with Gasteiger partial charge in [0, 0.05) is 44.9 Å². The van der Waals surface area contributed by atoms with Crippen molar-refractivity contribution in [2.75, 3.05) is 4.90 Å². The Balaban J connectivity index is 0.986. The molecule has 0 spiro atoms. The summed E-state index contributed by atoms with van der Waals surface area (Å²) in [6.45, 7) is 0. The van der Waals surface area contributed by atoms with E-state index in [-0.39, 0.29) is 5.92 Å². The summed E-state index contributed by atoms with van der Waals surface area (Å²) < 4.78 is 12.7. The summed E-state index contributed by atoms with van der Waals surface area (Å²) in [5.41, 5.74) is 13.3. The van der Waals surface area contributed by atoms with Crippen molar-refractivity contribution >= 4 is 49.8 Å². The van der Waals surface area contributed by atoms with Gasteiger partial charge in [0.1, 0.15) is 22.7 Å². The molecule has 0 fully saturated rings. The summed E-state index contributed by atoms with van der Waals surface area (Å²) in [6.07, 6.45) is 7.41. The zero-order valence-electron chi connectivity index (χ0n) is 30.0. The van der Waals surface area contributed by atoms with Crippen LogP contribution in [0.5, 0.6) is 5.75 Å². The van der Waals surface area contributed by atoms with E-state index >= 15 is 0 Å². The summed E-state index contributed by atoms with van der Waals surface area (Å²) >= 11 is 0. The third-order valence-corrected chi connectivity index (χ3v) is 11.2. The Kier molecular flexibility index (Phi) is 7.31. The molecule has 0 N–H and O–H groups in total. The molecule has 9 aromatic rings. The Morgan fingerprint density at radius 2 is 1.20 bits per heavy atom. The number of rotatable bonds is 6. The first-order valence-electron chi connectivity index (χ1n) is 18.9. The minimum atomic E-state index is 0.287. The molecular formula is C52H35NO2. The maximum Gasteiger partial charge on any atom is 0.138 e. The van der Waals surface area contributed by atoms with Gasteiger partial charge in [-0.2, -0.15) is 0 Å². The maximum atomic E-state index is 6.53. The summed E-state index contributed by atoms with van der Waals surface area (Å²) in [6, 6.07) is 63.0. The fourth-order valence-electron chi connectivity index (χ4n) is 8.51. The average molecular weight is 706 g/mol. The molecule has 3 nitrogen and oxygen atoms in total. The molecule has 260 valence electrons. The number of benzene rings is 8. The van der Waals surface area contributed by atoms with Crippen molar-refractivity contribution in [2.45, 2.75) is 12.3 Å². The number of ether oxygens (including phenoxy) is 1. The van der Waals surface area contributed by atoms with Gasteiger partial charge in [0.25, 0.3) is 0 Å². The van der Waals surface area contributed by atoms with E-state index in [0.717, 1.165) is 68.2 Å². The first-order valence-corrected chi connectivity index (χ1v) is 18.9. The van der Waals surface area contributed by atoms with Crippen LogP contribution in [0, 0.1) is 0 Å².